The molecule has 1 atom stereocenters. The van der Waals surface area contributed by atoms with Crippen LogP contribution < -0.4 is 41.0 Å². The van der Waals surface area contributed by atoms with Crippen LogP contribution in [0.25, 0.3) is 5.32 Å². The van der Waals surface area contributed by atoms with Gasteiger partial charge in [-0.2, -0.15) is 0 Å². The molecule has 0 saturated heterocycles. The van der Waals surface area contributed by atoms with Gasteiger partial charge in [0, 0.05) is 6.54 Å². The quantitative estimate of drug-likeness (QED) is 0.122. The summed E-state index contributed by atoms with van der Waals surface area (Å²) in [7, 11) is 0. The number of aliphatic imine (C=N–C) groups is 1. The molecular formula is C20H39N4NaO3. The summed E-state index contributed by atoms with van der Waals surface area (Å²) in [6.07, 6.45) is 12.1. The van der Waals surface area contributed by atoms with Gasteiger partial charge in [-0.3, -0.25) is 9.79 Å². The van der Waals surface area contributed by atoms with Crippen LogP contribution in [0.5, 0.6) is 0 Å². The second-order valence-electron chi connectivity index (χ2n) is 6.82. The van der Waals surface area contributed by atoms with E-state index in [1.165, 1.54) is 38.5 Å². The van der Waals surface area contributed by atoms with Crippen LogP contribution in [-0.2, 0) is 14.3 Å². The average Bonchev–Trinajstić information content (AvgIpc) is 2.62. The van der Waals surface area contributed by atoms with Crippen molar-refractivity contribution in [2.45, 2.75) is 96.9 Å². The summed E-state index contributed by atoms with van der Waals surface area (Å²) in [4.78, 5) is 27.9. The SMILES string of the molecule is CCCCCCCCCCCC(=O)[N-][C@@H](CCCN=C(N)N)C(=O)OCC.[Na+]. The molecule has 0 unspecified atom stereocenters. The molecule has 158 valence electrons. The van der Waals surface area contributed by atoms with E-state index in [-0.39, 0.29) is 48.0 Å². The molecule has 4 N–H and O–H groups in total. The van der Waals surface area contributed by atoms with E-state index in [0.717, 1.165) is 19.3 Å². The molecule has 0 bridgehead atoms. The van der Waals surface area contributed by atoms with Gasteiger partial charge in [0.1, 0.15) is 0 Å². The van der Waals surface area contributed by atoms with Gasteiger partial charge in [-0.25, -0.2) is 0 Å². The van der Waals surface area contributed by atoms with E-state index in [2.05, 4.69) is 17.2 Å². The molecule has 0 aliphatic rings. The van der Waals surface area contributed by atoms with Gasteiger partial charge in [0.25, 0.3) is 5.97 Å². The molecule has 0 aromatic heterocycles. The Morgan fingerprint density at radius 2 is 1.50 bits per heavy atom. The Morgan fingerprint density at radius 1 is 0.929 bits per heavy atom. The van der Waals surface area contributed by atoms with E-state index in [1.807, 2.05) is 0 Å². The number of esters is 1. The maximum absolute atomic E-state index is 12.1. The summed E-state index contributed by atoms with van der Waals surface area (Å²) in [6, 6.07) is -0.759. The molecule has 0 aliphatic carbocycles. The molecule has 0 aromatic carbocycles. The molecule has 7 nitrogen and oxygen atoms in total. The van der Waals surface area contributed by atoms with E-state index >= 15 is 0 Å². The Morgan fingerprint density at radius 3 is 2.04 bits per heavy atom. The Hall–Kier alpha value is -0.790. The summed E-state index contributed by atoms with van der Waals surface area (Å²) in [5.74, 6) is -0.665. The second-order valence-corrected chi connectivity index (χ2v) is 6.82. The van der Waals surface area contributed by atoms with Gasteiger partial charge in [-0.1, -0.05) is 64.7 Å². The number of guanidine groups is 1. The van der Waals surface area contributed by atoms with Crippen LogP contribution >= 0.6 is 0 Å². The minimum absolute atomic E-state index is 0. The van der Waals surface area contributed by atoms with Crippen molar-refractivity contribution in [2.24, 2.45) is 16.5 Å². The standard InChI is InChI=1S/C20H40N4O3.Na/c1-3-5-6-7-8-9-10-11-12-15-18(25)24-17(19(26)27-4-2)14-13-16-23-20(21)22;/h17H,3-16H2,1-2H3,(H5,21,22,23,24,25);/q;+1/p-1/t17-;/m0./s1. The Balaban J connectivity index is 0. The summed E-state index contributed by atoms with van der Waals surface area (Å²) >= 11 is 0. The molecule has 0 radical (unpaired) electrons. The van der Waals surface area contributed by atoms with E-state index in [9.17, 15) is 9.59 Å². The summed E-state index contributed by atoms with van der Waals surface area (Å²) in [6.45, 7) is 4.63. The van der Waals surface area contributed by atoms with Gasteiger partial charge in [0.05, 0.1) is 12.5 Å². The van der Waals surface area contributed by atoms with Gasteiger partial charge in [-0.05, 0) is 32.2 Å². The molecule has 0 aliphatic heterocycles. The number of amides is 1. The second kappa shape index (κ2) is 20.9. The van der Waals surface area contributed by atoms with Crippen LogP contribution in [-0.4, -0.2) is 37.0 Å². The molecule has 0 aromatic rings. The number of hydrogen-bond donors (Lipinski definition) is 2. The van der Waals surface area contributed by atoms with Crippen LogP contribution in [0.2, 0.25) is 0 Å². The summed E-state index contributed by atoms with van der Waals surface area (Å²) < 4.78 is 5.01. The normalized spacial score (nSPS) is 11.2. The molecular weight excluding hydrogens is 367 g/mol. The summed E-state index contributed by atoms with van der Waals surface area (Å²) in [5.41, 5.74) is 10.6. The minimum atomic E-state index is -0.759. The first-order valence-corrected chi connectivity index (χ1v) is 10.5. The number of hydrogen-bond acceptors (Lipinski definition) is 4. The number of ether oxygens (including phenoxy) is 1. The fourth-order valence-electron chi connectivity index (χ4n) is 2.79. The molecule has 0 fully saturated rings. The van der Waals surface area contributed by atoms with Crippen molar-refractivity contribution in [3.8, 4) is 0 Å². The fourth-order valence-corrected chi connectivity index (χ4v) is 2.79. The number of unbranched alkanes of at least 4 members (excludes halogenated alkanes) is 8. The molecule has 8 heteroatoms. The predicted octanol–water partition coefficient (Wildman–Crippen LogP) is 0.797. The zero-order valence-corrected chi connectivity index (χ0v) is 20.3. The maximum atomic E-state index is 12.1. The van der Waals surface area contributed by atoms with Gasteiger partial charge in [0.2, 0.25) is 0 Å². The number of nitrogens with zero attached hydrogens (tertiary/aromatic N) is 2. The molecule has 0 spiro atoms. The Bertz CT molecular complexity index is 430. The molecule has 0 rings (SSSR count). The molecule has 28 heavy (non-hydrogen) atoms. The smallest absolute Gasteiger partial charge is 0.642 e. The Labute approximate surface area is 193 Å². The maximum Gasteiger partial charge on any atom is 1.00 e. The zero-order valence-electron chi connectivity index (χ0n) is 18.3. The molecule has 0 saturated carbocycles. The largest absolute Gasteiger partial charge is 1.00 e. The van der Waals surface area contributed by atoms with Crippen molar-refractivity contribution in [1.29, 1.82) is 0 Å². The summed E-state index contributed by atoms with van der Waals surface area (Å²) in [5, 5.41) is 4.05. The van der Waals surface area contributed by atoms with Crippen molar-refractivity contribution in [1.82, 2.24) is 0 Å². The van der Waals surface area contributed by atoms with Crippen LogP contribution in [0.4, 0.5) is 0 Å². The predicted molar refractivity (Wildman–Crippen MR) is 111 cm³/mol. The third kappa shape index (κ3) is 18.6. The van der Waals surface area contributed by atoms with E-state index in [1.54, 1.807) is 6.92 Å². The van der Waals surface area contributed by atoms with Crippen LogP contribution in [0, 0.1) is 0 Å². The van der Waals surface area contributed by atoms with Crippen LogP contribution in [0.1, 0.15) is 90.9 Å². The fraction of sp³-hybridized carbons (Fsp3) is 0.850. The third-order valence-electron chi connectivity index (χ3n) is 4.28. The van der Waals surface area contributed by atoms with Crippen LogP contribution in [0.15, 0.2) is 4.99 Å². The molecule has 0 heterocycles. The topological polar surface area (TPSA) is 122 Å². The first-order valence-electron chi connectivity index (χ1n) is 10.5. The Kier molecular flexibility index (Phi) is 22.0. The number of nitrogens with two attached hydrogens (primary N) is 2. The van der Waals surface area contributed by atoms with E-state index in [0.29, 0.717) is 25.8 Å². The monoisotopic (exact) mass is 406 g/mol. The van der Waals surface area contributed by atoms with Gasteiger partial charge in [-0.15, -0.1) is 0 Å². The third-order valence-corrected chi connectivity index (χ3v) is 4.28. The van der Waals surface area contributed by atoms with E-state index < -0.39 is 12.0 Å². The first-order chi connectivity index (χ1) is 13.0. The first kappa shape index (κ1) is 29.4. The van der Waals surface area contributed by atoms with E-state index in [4.69, 9.17) is 16.2 Å². The molecule has 1 amide bonds. The van der Waals surface area contributed by atoms with Crippen molar-refractivity contribution < 1.29 is 43.9 Å². The van der Waals surface area contributed by atoms with Crippen LogP contribution in [0.3, 0.4) is 0 Å². The van der Waals surface area contributed by atoms with Crippen molar-refractivity contribution >= 4 is 17.8 Å². The number of carbonyl (C=O) groups excluding carboxylic acids is 2. The minimum Gasteiger partial charge on any atom is -0.642 e. The van der Waals surface area contributed by atoms with Crippen molar-refractivity contribution in [2.75, 3.05) is 13.2 Å². The zero-order chi connectivity index (χ0) is 20.3. The average molecular weight is 407 g/mol. The van der Waals surface area contributed by atoms with Gasteiger partial charge in [0.15, 0.2) is 5.96 Å². The van der Waals surface area contributed by atoms with Gasteiger partial charge >= 0.3 is 29.6 Å². The van der Waals surface area contributed by atoms with Crippen molar-refractivity contribution in [3.05, 3.63) is 5.32 Å². The van der Waals surface area contributed by atoms with Crippen molar-refractivity contribution in [3.63, 3.8) is 0 Å². The van der Waals surface area contributed by atoms with Gasteiger partial charge < -0.3 is 26.3 Å². The number of carbonyl (C=O) groups is 2. The number of rotatable bonds is 17.